The molecule has 0 bridgehead atoms. The predicted octanol–water partition coefficient (Wildman–Crippen LogP) is 3.67. The van der Waals surface area contributed by atoms with Crippen LogP contribution in [-0.2, 0) is 0 Å². The molecule has 3 saturated carbocycles. The van der Waals surface area contributed by atoms with Crippen LogP contribution in [0.15, 0.2) is 11.6 Å². The largest absolute Gasteiger partial charge is 0.393 e. The van der Waals surface area contributed by atoms with Crippen LogP contribution in [0.5, 0.6) is 0 Å². The Bertz CT molecular complexity index is 470. The van der Waals surface area contributed by atoms with Crippen molar-refractivity contribution in [2.24, 2.45) is 28.6 Å². The van der Waals surface area contributed by atoms with E-state index in [2.05, 4.69) is 19.9 Å². The zero-order chi connectivity index (χ0) is 14.8. The molecule has 118 valence electrons. The van der Waals surface area contributed by atoms with Gasteiger partial charge in [-0.15, -0.1) is 0 Å². The summed E-state index contributed by atoms with van der Waals surface area (Å²) in [7, 11) is 0. The van der Waals surface area contributed by atoms with Gasteiger partial charge in [-0.2, -0.15) is 0 Å². The van der Waals surface area contributed by atoms with Crippen molar-refractivity contribution in [3.8, 4) is 0 Å². The Hall–Kier alpha value is -0.340. The summed E-state index contributed by atoms with van der Waals surface area (Å²) in [5.41, 5.74) is 1.99. The topological polar surface area (TPSA) is 40.5 Å². The van der Waals surface area contributed by atoms with Gasteiger partial charge in [-0.05, 0) is 73.5 Å². The highest BCUT2D eigenvalue weighted by Crippen LogP contribution is 2.65. The molecule has 0 aromatic heterocycles. The van der Waals surface area contributed by atoms with Gasteiger partial charge < -0.3 is 10.2 Å². The maximum atomic E-state index is 11.0. The molecule has 0 aliphatic heterocycles. The van der Waals surface area contributed by atoms with Gasteiger partial charge in [0.15, 0.2) is 0 Å². The van der Waals surface area contributed by atoms with E-state index in [9.17, 15) is 10.2 Å². The van der Waals surface area contributed by atoms with Crippen molar-refractivity contribution in [1.82, 2.24) is 0 Å². The Labute approximate surface area is 128 Å². The summed E-state index contributed by atoms with van der Waals surface area (Å²) >= 11 is 0. The molecular weight excluding hydrogens is 260 g/mol. The van der Waals surface area contributed by atoms with Crippen LogP contribution in [0.3, 0.4) is 0 Å². The molecule has 0 aromatic carbocycles. The molecule has 3 fully saturated rings. The lowest BCUT2D eigenvalue weighted by Gasteiger charge is -2.59. The van der Waals surface area contributed by atoms with Crippen molar-refractivity contribution >= 4 is 0 Å². The average molecular weight is 290 g/mol. The maximum Gasteiger partial charge on any atom is 0.0724 e. The highest BCUT2D eigenvalue weighted by molar-refractivity contribution is 5.26. The van der Waals surface area contributed by atoms with Gasteiger partial charge in [0, 0.05) is 0 Å². The van der Waals surface area contributed by atoms with Gasteiger partial charge in [-0.3, -0.25) is 0 Å². The summed E-state index contributed by atoms with van der Waals surface area (Å²) in [6, 6.07) is 0. The van der Waals surface area contributed by atoms with Crippen molar-refractivity contribution in [2.45, 2.75) is 77.4 Å². The average Bonchev–Trinajstić information content (AvgIpc) is 2.80. The molecule has 0 amide bonds. The van der Waals surface area contributed by atoms with Crippen LogP contribution in [0.25, 0.3) is 0 Å². The van der Waals surface area contributed by atoms with E-state index >= 15 is 0 Å². The summed E-state index contributed by atoms with van der Waals surface area (Å²) in [4.78, 5) is 0. The van der Waals surface area contributed by atoms with E-state index in [0.717, 1.165) is 31.6 Å². The Morgan fingerprint density at radius 1 is 1.10 bits per heavy atom. The van der Waals surface area contributed by atoms with Gasteiger partial charge >= 0.3 is 0 Å². The monoisotopic (exact) mass is 290 g/mol. The highest BCUT2D eigenvalue weighted by Gasteiger charge is 2.59. The van der Waals surface area contributed by atoms with Crippen molar-refractivity contribution in [2.75, 3.05) is 0 Å². The number of aliphatic hydroxyl groups is 2. The summed E-state index contributed by atoms with van der Waals surface area (Å²) in [6.07, 6.45) is 11.1. The second kappa shape index (κ2) is 4.58. The minimum Gasteiger partial charge on any atom is -0.393 e. The first-order chi connectivity index (χ1) is 9.94. The lowest BCUT2D eigenvalue weighted by atomic mass is 9.46. The molecule has 2 N–H and O–H groups in total. The predicted molar refractivity (Wildman–Crippen MR) is 83.7 cm³/mol. The number of fused-ring (bicyclic) bond motifs is 5. The van der Waals surface area contributed by atoms with Crippen molar-refractivity contribution < 1.29 is 10.2 Å². The molecule has 2 nitrogen and oxygen atoms in total. The van der Waals surface area contributed by atoms with Gasteiger partial charge in [-0.25, -0.2) is 0 Å². The SMILES string of the molecule is C[C@@]12CCCC1C1CCC3=C[C@@H](O)CC[C@]3(C)C1[C@@H](O)C2. The number of aliphatic hydroxyl groups excluding tert-OH is 2. The smallest absolute Gasteiger partial charge is 0.0724 e. The summed E-state index contributed by atoms with van der Waals surface area (Å²) in [6.45, 7) is 4.81. The van der Waals surface area contributed by atoms with Crippen molar-refractivity contribution in [3.05, 3.63) is 11.6 Å². The Kier molecular flexibility index (Phi) is 3.11. The van der Waals surface area contributed by atoms with Crippen LogP contribution in [-0.4, -0.2) is 22.4 Å². The molecule has 4 aliphatic rings. The quantitative estimate of drug-likeness (QED) is 0.668. The van der Waals surface area contributed by atoms with E-state index in [1.165, 1.54) is 31.3 Å². The van der Waals surface area contributed by atoms with Crippen molar-refractivity contribution in [1.29, 1.82) is 0 Å². The van der Waals surface area contributed by atoms with E-state index in [1.54, 1.807) is 0 Å². The third kappa shape index (κ3) is 1.91. The van der Waals surface area contributed by atoms with E-state index in [-0.39, 0.29) is 17.6 Å². The molecule has 0 saturated heterocycles. The fourth-order valence-electron chi connectivity index (χ4n) is 6.85. The molecule has 2 heteroatoms. The zero-order valence-electron chi connectivity index (χ0n) is 13.5. The fraction of sp³-hybridized carbons (Fsp3) is 0.895. The molecule has 0 spiro atoms. The molecule has 0 aromatic rings. The summed E-state index contributed by atoms with van der Waals surface area (Å²) in [5.74, 6) is 1.97. The molecule has 7 atom stereocenters. The zero-order valence-corrected chi connectivity index (χ0v) is 13.5. The Morgan fingerprint density at radius 3 is 2.71 bits per heavy atom. The summed E-state index contributed by atoms with van der Waals surface area (Å²) in [5, 5.41) is 21.0. The maximum absolute atomic E-state index is 11.0. The van der Waals surface area contributed by atoms with Crippen LogP contribution < -0.4 is 0 Å². The van der Waals surface area contributed by atoms with Gasteiger partial charge in [0.05, 0.1) is 12.2 Å². The van der Waals surface area contributed by atoms with Crippen LogP contribution >= 0.6 is 0 Å². The number of allylic oxidation sites excluding steroid dienone is 1. The Balaban J connectivity index is 1.73. The molecular formula is C19H30O2. The Morgan fingerprint density at radius 2 is 1.90 bits per heavy atom. The molecule has 3 unspecified atom stereocenters. The lowest BCUT2D eigenvalue weighted by Crippen LogP contribution is -2.55. The van der Waals surface area contributed by atoms with Gasteiger partial charge in [-0.1, -0.05) is 31.9 Å². The van der Waals surface area contributed by atoms with E-state index < -0.39 is 0 Å². The number of hydrogen-bond acceptors (Lipinski definition) is 2. The fourth-order valence-corrected chi connectivity index (χ4v) is 6.85. The van der Waals surface area contributed by atoms with Gasteiger partial charge in [0.25, 0.3) is 0 Å². The second-order valence-electron chi connectivity index (χ2n) is 8.87. The van der Waals surface area contributed by atoms with Crippen LogP contribution in [0.4, 0.5) is 0 Å². The highest BCUT2D eigenvalue weighted by atomic mass is 16.3. The second-order valence-corrected chi connectivity index (χ2v) is 8.87. The first-order valence-corrected chi connectivity index (χ1v) is 9.01. The summed E-state index contributed by atoms with van der Waals surface area (Å²) < 4.78 is 0. The molecule has 21 heavy (non-hydrogen) atoms. The third-order valence-electron chi connectivity index (χ3n) is 7.80. The minimum absolute atomic E-state index is 0.140. The first-order valence-electron chi connectivity index (χ1n) is 9.01. The van der Waals surface area contributed by atoms with E-state index in [0.29, 0.717) is 17.3 Å². The van der Waals surface area contributed by atoms with E-state index in [4.69, 9.17) is 0 Å². The van der Waals surface area contributed by atoms with Gasteiger partial charge in [0.1, 0.15) is 0 Å². The van der Waals surface area contributed by atoms with Gasteiger partial charge in [0.2, 0.25) is 0 Å². The molecule has 4 rings (SSSR count). The number of hydrogen-bond donors (Lipinski definition) is 2. The minimum atomic E-state index is -0.248. The molecule has 4 aliphatic carbocycles. The third-order valence-corrected chi connectivity index (χ3v) is 7.80. The van der Waals surface area contributed by atoms with Crippen LogP contribution in [0.2, 0.25) is 0 Å². The molecule has 0 heterocycles. The first kappa shape index (κ1) is 14.3. The molecule has 0 radical (unpaired) electrons. The van der Waals surface area contributed by atoms with Crippen LogP contribution in [0.1, 0.15) is 65.2 Å². The lowest BCUT2D eigenvalue weighted by molar-refractivity contribution is -0.120. The normalized spacial score (nSPS) is 56.2. The standard InChI is InChI=1S/C19H30O2/c1-18-8-3-4-15(18)14-6-5-12-10-13(20)7-9-19(12,2)17(14)16(21)11-18/h10,13-17,20-21H,3-9,11H2,1-2H3/t13-,14?,15?,16-,17?,18-,19-/m0/s1. The number of rotatable bonds is 0. The van der Waals surface area contributed by atoms with E-state index in [1.807, 2.05) is 0 Å². The van der Waals surface area contributed by atoms with Crippen LogP contribution in [0, 0.1) is 28.6 Å². The van der Waals surface area contributed by atoms with Crippen molar-refractivity contribution in [3.63, 3.8) is 0 Å².